The van der Waals surface area contributed by atoms with Gasteiger partial charge in [-0.05, 0) is 37.9 Å². The van der Waals surface area contributed by atoms with E-state index in [1.165, 1.54) is 38.6 Å². The van der Waals surface area contributed by atoms with E-state index in [0.29, 0.717) is 6.04 Å². The van der Waals surface area contributed by atoms with Gasteiger partial charge in [0.25, 0.3) is 0 Å². The molecular weight excluding hydrogens is 244 g/mol. The van der Waals surface area contributed by atoms with Crippen LogP contribution < -0.4 is 5.73 Å². The van der Waals surface area contributed by atoms with Crippen LogP contribution in [0.15, 0.2) is 18.2 Å². The highest BCUT2D eigenvalue weighted by molar-refractivity contribution is 6.31. The molecule has 0 saturated carbocycles. The van der Waals surface area contributed by atoms with Gasteiger partial charge in [-0.2, -0.15) is 0 Å². The second-order valence-electron chi connectivity index (χ2n) is 5.22. The maximum absolute atomic E-state index is 6.27. The normalized spacial score (nSPS) is 21.1. The van der Waals surface area contributed by atoms with E-state index >= 15 is 0 Å². The number of piperidine rings is 1. The SMILES string of the molecule is CCCC1CCCCN1Cc1c(N)cccc1Cl. The first-order valence-electron chi connectivity index (χ1n) is 6.99. The predicted octanol–water partition coefficient (Wildman–Crippen LogP) is 4.08. The largest absolute Gasteiger partial charge is 0.398 e. The molecule has 1 atom stereocenters. The maximum atomic E-state index is 6.27. The summed E-state index contributed by atoms with van der Waals surface area (Å²) in [6.07, 6.45) is 6.51. The van der Waals surface area contributed by atoms with Gasteiger partial charge in [0.15, 0.2) is 0 Å². The van der Waals surface area contributed by atoms with E-state index in [-0.39, 0.29) is 0 Å². The van der Waals surface area contributed by atoms with Crippen LogP contribution in [-0.2, 0) is 6.54 Å². The van der Waals surface area contributed by atoms with Gasteiger partial charge in [-0.3, -0.25) is 4.90 Å². The number of nitrogens with two attached hydrogens (primary N) is 1. The van der Waals surface area contributed by atoms with Crippen molar-refractivity contribution in [3.63, 3.8) is 0 Å². The molecule has 1 heterocycles. The van der Waals surface area contributed by atoms with Crippen molar-refractivity contribution >= 4 is 17.3 Å². The standard InChI is InChI=1S/C15H23ClN2/c1-2-6-12-7-3-4-10-18(12)11-13-14(16)8-5-9-15(13)17/h5,8-9,12H,2-4,6-7,10-11,17H2,1H3. The molecule has 1 aromatic rings. The van der Waals surface area contributed by atoms with Crippen LogP contribution in [0.4, 0.5) is 5.69 Å². The van der Waals surface area contributed by atoms with Crippen LogP contribution in [0.2, 0.25) is 5.02 Å². The summed E-state index contributed by atoms with van der Waals surface area (Å²) in [4.78, 5) is 2.56. The average Bonchev–Trinajstić information content (AvgIpc) is 2.36. The van der Waals surface area contributed by atoms with Crippen LogP contribution in [0.1, 0.15) is 44.6 Å². The topological polar surface area (TPSA) is 29.3 Å². The van der Waals surface area contributed by atoms with Crippen molar-refractivity contribution < 1.29 is 0 Å². The first-order chi connectivity index (χ1) is 8.72. The van der Waals surface area contributed by atoms with Gasteiger partial charge in [0, 0.05) is 28.9 Å². The van der Waals surface area contributed by atoms with Crippen molar-refractivity contribution in [1.29, 1.82) is 0 Å². The zero-order chi connectivity index (χ0) is 13.0. The number of hydrogen-bond donors (Lipinski definition) is 1. The lowest BCUT2D eigenvalue weighted by molar-refractivity contribution is 0.132. The molecule has 0 amide bonds. The second-order valence-corrected chi connectivity index (χ2v) is 5.62. The van der Waals surface area contributed by atoms with Crippen LogP contribution >= 0.6 is 11.6 Å². The summed E-state index contributed by atoms with van der Waals surface area (Å²) < 4.78 is 0. The maximum Gasteiger partial charge on any atom is 0.0471 e. The van der Waals surface area contributed by atoms with Crippen LogP contribution in [-0.4, -0.2) is 17.5 Å². The van der Waals surface area contributed by atoms with Crippen molar-refractivity contribution in [3.8, 4) is 0 Å². The Bertz CT molecular complexity index is 370. The van der Waals surface area contributed by atoms with Crippen molar-refractivity contribution in [2.75, 3.05) is 12.3 Å². The molecule has 1 aliphatic heterocycles. The minimum atomic E-state index is 0.708. The Labute approximate surface area is 115 Å². The number of nitrogens with zero attached hydrogens (tertiary/aromatic N) is 1. The molecule has 0 aromatic heterocycles. The number of benzene rings is 1. The third kappa shape index (κ3) is 3.18. The summed E-state index contributed by atoms with van der Waals surface area (Å²) >= 11 is 6.27. The molecule has 0 bridgehead atoms. The summed E-state index contributed by atoms with van der Waals surface area (Å²) in [5, 5.41) is 0.802. The average molecular weight is 267 g/mol. The van der Waals surface area contributed by atoms with Gasteiger partial charge in [0.05, 0.1) is 0 Å². The van der Waals surface area contributed by atoms with Crippen molar-refractivity contribution in [2.45, 2.75) is 51.6 Å². The number of anilines is 1. The fraction of sp³-hybridized carbons (Fsp3) is 0.600. The molecule has 100 valence electrons. The quantitative estimate of drug-likeness (QED) is 0.832. The molecule has 0 radical (unpaired) electrons. The molecule has 1 aromatic carbocycles. The van der Waals surface area contributed by atoms with Gasteiger partial charge in [0.2, 0.25) is 0 Å². The highest BCUT2D eigenvalue weighted by atomic mass is 35.5. The van der Waals surface area contributed by atoms with E-state index in [1.807, 2.05) is 18.2 Å². The van der Waals surface area contributed by atoms with Gasteiger partial charge in [-0.25, -0.2) is 0 Å². The highest BCUT2D eigenvalue weighted by Crippen LogP contribution is 2.28. The van der Waals surface area contributed by atoms with Crippen molar-refractivity contribution in [3.05, 3.63) is 28.8 Å². The van der Waals surface area contributed by atoms with E-state index in [9.17, 15) is 0 Å². The molecule has 18 heavy (non-hydrogen) atoms. The van der Waals surface area contributed by atoms with E-state index in [2.05, 4.69) is 11.8 Å². The molecular formula is C15H23ClN2. The van der Waals surface area contributed by atoms with Crippen molar-refractivity contribution in [2.24, 2.45) is 0 Å². The Morgan fingerprint density at radius 2 is 2.22 bits per heavy atom. The molecule has 1 saturated heterocycles. The zero-order valence-corrected chi connectivity index (χ0v) is 11.9. The Kier molecular flexibility index (Phi) is 4.90. The summed E-state index contributed by atoms with van der Waals surface area (Å²) in [7, 11) is 0. The van der Waals surface area contributed by atoms with E-state index in [4.69, 9.17) is 17.3 Å². The molecule has 1 aliphatic rings. The van der Waals surface area contributed by atoms with Crippen LogP contribution in [0.3, 0.4) is 0 Å². The third-order valence-electron chi connectivity index (χ3n) is 3.89. The van der Waals surface area contributed by atoms with Gasteiger partial charge < -0.3 is 5.73 Å². The molecule has 1 unspecified atom stereocenters. The minimum absolute atomic E-state index is 0.708. The smallest absolute Gasteiger partial charge is 0.0471 e. The number of likely N-dealkylation sites (tertiary alicyclic amines) is 1. The van der Waals surface area contributed by atoms with E-state index in [0.717, 1.165) is 22.8 Å². The van der Waals surface area contributed by atoms with Gasteiger partial charge in [-0.15, -0.1) is 0 Å². The Hall–Kier alpha value is -0.730. The summed E-state index contributed by atoms with van der Waals surface area (Å²) in [6.45, 7) is 4.34. The minimum Gasteiger partial charge on any atom is -0.398 e. The second kappa shape index (κ2) is 6.44. The molecule has 0 spiro atoms. The molecule has 3 heteroatoms. The fourth-order valence-electron chi connectivity index (χ4n) is 2.87. The number of hydrogen-bond acceptors (Lipinski definition) is 2. The third-order valence-corrected chi connectivity index (χ3v) is 4.24. The number of nitrogen functional groups attached to an aromatic ring is 1. The number of halogens is 1. The first-order valence-corrected chi connectivity index (χ1v) is 7.37. The Morgan fingerprint density at radius 3 is 2.94 bits per heavy atom. The molecule has 0 aliphatic carbocycles. The monoisotopic (exact) mass is 266 g/mol. The van der Waals surface area contributed by atoms with Crippen LogP contribution in [0.25, 0.3) is 0 Å². The summed E-state index contributed by atoms with van der Waals surface area (Å²) in [5.41, 5.74) is 7.97. The first kappa shape index (κ1) is 13.7. The van der Waals surface area contributed by atoms with E-state index < -0.39 is 0 Å². The molecule has 2 N–H and O–H groups in total. The highest BCUT2D eigenvalue weighted by Gasteiger charge is 2.22. The molecule has 2 rings (SSSR count). The fourth-order valence-corrected chi connectivity index (χ4v) is 3.12. The van der Waals surface area contributed by atoms with Crippen LogP contribution in [0, 0.1) is 0 Å². The van der Waals surface area contributed by atoms with E-state index in [1.54, 1.807) is 0 Å². The molecule has 1 fully saturated rings. The summed E-state index contributed by atoms with van der Waals surface area (Å²) in [6, 6.07) is 6.51. The Balaban J connectivity index is 2.11. The van der Waals surface area contributed by atoms with Gasteiger partial charge in [0.1, 0.15) is 0 Å². The summed E-state index contributed by atoms with van der Waals surface area (Å²) in [5.74, 6) is 0. The van der Waals surface area contributed by atoms with Crippen LogP contribution in [0.5, 0.6) is 0 Å². The molecule has 2 nitrogen and oxygen atoms in total. The van der Waals surface area contributed by atoms with Crippen molar-refractivity contribution in [1.82, 2.24) is 4.90 Å². The van der Waals surface area contributed by atoms with Gasteiger partial charge >= 0.3 is 0 Å². The zero-order valence-electron chi connectivity index (χ0n) is 11.2. The lowest BCUT2D eigenvalue weighted by atomic mass is 9.97. The lowest BCUT2D eigenvalue weighted by Gasteiger charge is -2.36. The Morgan fingerprint density at radius 1 is 1.39 bits per heavy atom. The predicted molar refractivity (Wildman–Crippen MR) is 78.8 cm³/mol. The number of rotatable bonds is 4. The van der Waals surface area contributed by atoms with Gasteiger partial charge in [-0.1, -0.05) is 37.4 Å². The lowest BCUT2D eigenvalue weighted by Crippen LogP contribution is -2.39.